The van der Waals surface area contributed by atoms with Gasteiger partial charge in [-0.15, -0.1) is 11.3 Å². The van der Waals surface area contributed by atoms with Gasteiger partial charge in [-0.05, 0) is 19.1 Å². The number of rotatable bonds is 4. The summed E-state index contributed by atoms with van der Waals surface area (Å²) in [6.07, 6.45) is 0. The molecule has 8 heteroatoms. The Morgan fingerprint density at radius 3 is 2.75 bits per heavy atom. The number of amides is 1. The molecule has 6 nitrogen and oxygen atoms in total. The number of carbonyl (C=O) groups is 1. The first-order valence-electron chi connectivity index (χ1n) is 5.56. The van der Waals surface area contributed by atoms with Crippen LogP contribution in [0.25, 0.3) is 0 Å². The summed E-state index contributed by atoms with van der Waals surface area (Å²) in [4.78, 5) is 15.7. The standard InChI is InChI=1S/C12H12N2O4S2/c1-8-13-11(7-19-8)12(15)14-20(16,17)10-5-3-4-9(6-10)18-2/h3-7H,1-2H3,(H,14,15). The summed E-state index contributed by atoms with van der Waals surface area (Å²) >= 11 is 1.27. The largest absolute Gasteiger partial charge is 0.497 e. The summed E-state index contributed by atoms with van der Waals surface area (Å²) in [6.45, 7) is 1.73. The van der Waals surface area contributed by atoms with Gasteiger partial charge in [0, 0.05) is 11.4 Å². The highest BCUT2D eigenvalue weighted by Gasteiger charge is 2.20. The Morgan fingerprint density at radius 1 is 1.40 bits per heavy atom. The summed E-state index contributed by atoms with van der Waals surface area (Å²) < 4.78 is 31.1. The molecule has 1 aromatic heterocycles. The Labute approximate surface area is 120 Å². The first-order chi connectivity index (χ1) is 9.42. The number of methoxy groups -OCH3 is 1. The lowest BCUT2D eigenvalue weighted by Gasteiger charge is -2.07. The van der Waals surface area contributed by atoms with Crippen LogP contribution in [0.15, 0.2) is 34.5 Å². The second-order valence-electron chi connectivity index (χ2n) is 3.87. The van der Waals surface area contributed by atoms with E-state index in [2.05, 4.69) is 4.98 Å². The molecule has 0 bridgehead atoms. The van der Waals surface area contributed by atoms with Crippen molar-refractivity contribution in [1.82, 2.24) is 9.71 Å². The van der Waals surface area contributed by atoms with E-state index in [4.69, 9.17) is 4.74 Å². The molecule has 2 aromatic rings. The van der Waals surface area contributed by atoms with Crippen LogP contribution >= 0.6 is 11.3 Å². The summed E-state index contributed by atoms with van der Waals surface area (Å²) in [6, 6.07) is 5.86. The number of carbonyl (C=O) groups excluding carboxylic acids is 1. The zero-order valence-electron chi connectivity index (χ0n) is 10.8. The Hall–Kier alpha value is -1.93. The molecule has 1 heterocycles. The maximum atomic E-state index is 12.1. The fourth-order valence-corrected chi connectivity index (χ4v) is 3.06. The molecule has 1 amide bonds. The molecule has 0 unspecified atom stereocenters. The van der Waals surface area contributed by atoms with E-state index in [-0.39, 0.29) is 10.6 Å². The minimum absolute atomic E-state index is 0.0443. The van der Waals surface area contributed by atoms with Gasteiger partial charge in [-0.2, -0.15) is 0 Å². The van der Waals surface area contributed by atoms with E-state index >= 15 is 0 Å². The van der Waals surface area contributed by atoms with Gasteiger partial charge in [0.2, 0.25) is 0 Å². The SMILES string of the molecule is COc1cccc(S(=O)(=O)NC(=O)c2csc(C)n2)c1. The van der Waals surface area contributed by atoms with Gasteiger partial charge in [0.05, 0.1) is 17.0 Å². The third kappa shape index (κ3) is 3.14. The molecule has 0 aliphatic heterocycles. The van der Waals surface area contributed by atoms with Crippen molar-refractivity contribution in [2.24, 2.45) is 0 Å². The maximum absolute atomic E-state index is 12.1. The smallest absolute Gasteiger partial charge is 0.284 e. The summed E-state index contributed by atoms with van der Waals surface area (Å²) in [5.41, 5.74) is 0.0824. The van der Waals surface area contributed by atoms with Crippen LogP contribution in [0, 0.1) is 6.92 Å². The molecule has 0 spiro atoms. The monoisotopic (exact) mass is 312 g/mol. The molecule has 20 heavy (non-hydrogen) atoms. The van der Waals surface area contributed by atoms with Gasteiger partial charge >= 0.3 is 0 Å². The molecule has 0 atom stereocenters. The second kappa shape index (κ2) is 5.59. The quantitative estimate of drug-likeness (QED) is 0.926. The third-order valence-electron chi connectivity index (χ3n) is 2.43. The number of aromatic nitrogens is 1. The highest BCUT2D eigenvalue weighted by atomic mass is 32.2. The van der Waals surface area contributed by atoms with Crippen molar-refractivity contribution >= 4 is 27.3 Å². The van der Waals surface area contributed by atoms with Crippen LogP contribution in [0.1, 0.15) is 15.5 Å². The molecule has 0 aliphatic rings. The first-order valence-corrected chi connectivity index (χ1v) is 7.92. The van der Waals surface area contributed by atoms with Crippen molar-refractivity contribution in [2.45, 2.75) is 11.8 Å². The van der Waals surface area contributed by atoms with Gasteiger partial charge in [0.15, 0.2) is 0 Å². The highest BCUT2D eigenvalue weighted by molar-refractivity contribution is 7.90. The number of thiazole rings is 1. The fraction of sp³-hybridized carbons (Fsp3) is 0.167. The van der Waals surface area contributed by atoms with Gasteiger partial charge < -0.3 is 4.74 Å². The van der Waals surface area contributed by atoms with Gasteiger partial charge in [0.25, 0.3) is 15.9 Å². The van der Waals surface area contributed by atoms with Crippen LogP contribution in [0.2, 0.25) is 0 Å². The first kappa shape index (κ1) is 14.5. The predicted molar refractivity (Wildman–Crippen MR) is 74.5 cm³/mol. The second-order valence-corrected chi connectivity index (χ2v) is 6.61. The van der Waals surface area contributed by atoms with Crippen molar-refractivity contribution in [3.05, 3.63) is 40.3 Å². The molecular formula is C12H12N2O4S2. The third-order valence-corrected chi connectivity index (χ3v) is 4.53. The summed E-state index contributed by atoms with van der Waals surface area (Å²) in [7, 11) is -2.51. The maximum Gasteiger partial charge on any atom is 0.284 e. The number of aryl methyl sites for hydroxylation is 1. The van der Waals surface area contributed by atoms with E-state index in [0.29, 0.717) is 10.8 Å². The number of nitrogens with zero attached hydrogens (tertiary/aromatic N) is 1. The van der Waals surface area contributed by atoms with E-state index in [9.17, 15) is 13.2 Å². The lowest BCUT2D eigenvalue weighted by molar-refractivity contribution is 0.0977. The average Bonchev–Trinajstić information content (AvgIpc) is 2.85. The Balaban J connectivity index is 2.24. The molecular weight excluding hydrogens is 300 g/mol. The minimum Gasteiger partial charge on any atom is -0.497 e. The minimum atomic E-state index is -3.95. The Bertz CT molecular complexity index is 737. The van der Waals surface area contributed by atoms with E-state index in [1.807, 2.05) is 4.72 Å². The molecule has 106 valence electrons. The molecule has 1 aromatic carbocycles. The van der Waals surface area contributed by atoms with Crippen LogP contribution in [0.5, 0.6) is 5.75 Å². The van der Waals surface area contributed by atoms with Crippen molar-refractivity contribution in [2.75, 3.05) is 7.11 Å². The predicted octanol–water partition coefficient (Wildman–Crippen LogP) is 1.58. The van der Waals surface area contributed by atoms with Gasteiger partial charge in [-0.1, -0.05) is 6.07 Å². The van der Waals surface area contributed by atoms with Crippen molar-refractivity contribution < 1.29 is 17.9 Å². The van der Waals surface area contributed by atoms with E-state index < -0.39 is 15.9 Å². The van der Waals surface area contributed by atoms with E-state index in [1.165, 1.54) is 42.0 Å². The molecule has 0 saturated carbocycles. The van der Waals surface area contributed by atoms with Gasteiger partial charge in [-0.3, -0.25) is 4.79 Å². The average molecular weight is 312 g/mol. The topological polar surface area (TPSA) is 85.4 Å². The molecule has 0 aliphatic carbocycles. The highest BCUT2D eigenvalue weighted by Crippen LogP contribution is 2.17. The molecule has 1 N–H and O–H groups in total. The number of ether oxygens (including phenoxy) is 1. The summed E-state index contributed by atoms with van der Waals surface area (Å²) in [5.74, 6) is -0.359. The number of benzene rings is 1. The van der Waals surface area contributed by atoms with Crippen LogP contribution < -0.4 is 9.46 Å². The lowest BCUT2D eigenvalue weighted by atomic mass is 10.3. The number of sulfonamides is 1. The fourth-order valence-electron chi connectivity index (χ4n) is 1.47. The Morgan fingerprint density at radius 2 is 2.15 bits per heavy atom. The normalized spacial score (nSPS) is 11.1. The lowest BCUT2D eigenvalue weighted by Crippen LogP contribution is -2.30. The molecule has 2 rings (SSSR count). The van der Waals surface area contributed by atoms with Crippen LogP contribution in [0.3, 0.4) is 0 Å². The van der Waals surface area contributed by atoms with Crippen LogP contribution in [0.4, 0.5) is 0 Å². The Kier molecular flexibility index (Phi) is 4.05. The van der Waals surface area contributed by atoms with Crippen molar-refractivity contribution in [3.8, 4) is 5.75 Å². The van der Waals surface area contributed by atoms with E-state index in [1.54, 1.807) is 13.0 Å². The number of nitrogens with one attached hydrogen (secondary N) is 1. The van der Waals surface area contributed by atoms with Gasteiger partial charge in [-0.25, -0.2) is 18.1 Å². The van der Waals surface area contributed by atoms with Crippen LogP contribution in [-0.2, 0) is 10.0 Å². The number of hydrogen-bond acceptors (Lipinski definition) is 6. The molecule has 0 radical (unpaired) electrons. The number of hydrogen-bond donors (Lipinski definition) is 1. The van der Waals surface area contributed by atoms with Crippen LogP contribution in [-0.4, -0.2) is 26.4 Å². The molecule has 0 saturated heterocycles. The zero-order valence-corrected chi connectivity index (χ0v) is 12.4. The zero-order chi connectivity index (χ0) is 14.8. The van der Waals surface area contributed by atoms with Gasteiger partial charge in [0.1, 0.15) is 11.4 Å². The van der Waals surface area contributed by atoms with Crippen molar-refractivity contribution in [3.63, 3.8) is 0 Å². The van der Waals surface area contributed by atoms with E-state index in [0.717, 1.165) is 0 Å². The van der Waals surface area contributed by atoms with Crippen molar-refractivity contribution in [1.29, 1.82) is 0 Å². The summed E-state index contributed by atoms with van der Waals surface area (Å²) in [5, 5.41) is 2.19. The molecule has 0 fully saturated rings.